The molecule has 0 aromatic heterocycles. The van der Waals surface area contributed by atoms with Gasteiger partial charge in [-0.3, -0.25) is 14.4 Å². The summed E-state index contributed by atoms with van der Waals surface area (Å²) in [6.45, 7) is 13.0. The molecule has 0 bridgehead atoms. The first-order valence-corrected chi connectivity index (χ1v) is 9.60. The van der Waals surface area contributed by atoms with E-state index in [2.05, 4.69) is 28.5 Å². The molecule has 3 heterocycles. The second-order valence-corrected chi connectivity index (χ2v) is 6.66. The maximum absolute atomic E-state index is 9.90. The van der Waals surface area contributed by atoms with E-state index in [1.54, 1.807) is 0 Å². The average molecular weight is 389 g/mol. The maximum atomic E-state index is 9.90. The SMILES string of the molecule is CCC.O=C(O)CCN1CC1.O=C(O)CCN1CC1.O=C(O)CCN1CC1. The summed E-state index contributed by atoms with van der Waals surface area (Å²) in [5.74, 6) is -2.09. The molecule has 0 atom stereocenters. The molecule has 0 aromatic carbocycles. The molecule has 0 aliphatic carbocycles. The number of carboxylic acids is 3. The molecule has 27 heavy (non-hydrogen) atoms. The molecule has 0 saturated carbocycles. The lowest BCUT2D eigenvalue weighted by molar-refractivity contribution is -0.138. The lowest BCUT2D eigenvalue weighted by atomic mass is 10.4. The molecule has 3 fully saturated rings. The minimum Gasteiger partial charge on any atom is -0.481 e. The van der Waals surface area contributed by atoms with Gasteiger partial charge in [0, 0.05) is 58.9 Å². The van der Waals surface area contributed by atoms with Crippen molar-refractivity contribution in [1.82, 2.24) is 14.7 Å². The van der Waals surface area contributed by atoms with Crippen LogP contribution >= 0.6 is 0 Å². The summed E-state index contributed by atoms with van der Waals surface area (Å²) < 4.78 is 0. The third kappa shape index (κ3) is 24.3. The molecule has 0 spiro atoms. The monoisotopic (exact) mass is 389 g/mol. The summed E-state index contributed by atoms with van der Waals surface area (Å²) in [5, 5.41) is 24.5. The van der Waals surface area contributed by atoms with Gasteiger partial charge < -0.3 is 30.0 Å². The highest BCUT2D eigenvalue weighted by molar-refractivity contribution is 5.67. The first kappa shape index (κ1) is 25.3. The van der Waals surface area contributed by atoms with Crippen molar-refractivity contribution in [3.8, 4) is 0 Å². The van der Waals surface area contributed by atoms with E-state index in [4.69, 9.17) is 15.3 Å². The minimum absolute atomic E-state index is 0.292. The zero-order valence-corrected chi connectivity index (χ0v) is 16.6. The van der Waals surface area contributed by atoms with Crippen molar-refractivity contribution < 1.29 is 29.7 Å². The van der Waals surface area contributed by atoms with Crippen molar-refractivity contribution in [2.24, 2.45) is 0 Å². The summed E-state index contributed by atoms with van der Waals surface area (Å²) in [7, 11) is 0. The van der Waals surface area contributed by atoms with E-state index in [-0.39, 0.29) is 0 Å². The number of hydrogen-bond donors (Lipinski definition) is 3. The largest absolute Gasteiger partial charge is 0.481 e. The fourth-order valence-corrected chi connectivity index (χ4v) is 1.64. The van der Waals surface area contributed by atoms with Gasteiger partial charge in [-0.05, 0) is 0 Å². The molecule has 0 aromatic rings. The Morgan fingerprint density at radius 2 is 0.778 bits per heavy atom. The summed E-state index contributed by atoms with van der Waals surface area (Å²) in [6, 6.07) is 0. The van der Waals surface area contributed by atoms with Crippen molar-refractivity contribution in [3.63, 3.8) is 0 Å². The predicted octanol–water partition coefficient (Wildman–Crippen LogP) is 0.746. The molecule has 9 heteroatoms. The van der Waals surface area contributed by atoms with E-state index in [1.807, 2.05) is 0 Å². The summed E-state index contributed by atoms with van der Waals surface area (Å²) in [4.78, 5) is 36.0. The van der Waals surface area contributed by atoms with Gasteiger partial charge in [-0.1, -0.05) is 20.3 Å². The summed E-state index contributed by atoms with van der Waals surface area (Å²) in [6.07, 6.45) is 2.12. The average Bonchev–Trinajstić information content (AvgIpc) is 3.48. The Balaban J connectivity index is 0.000000350. The molecule has 3 rings (SSSR count). The lowest BCUT2D eigenvalue weighted by Gasteiger charge is -1.92. The van der Waals surface area contributed by atoms with Gasteiger partial charge in [0.05, 0.1) is 19.3 Å². The van der Waals surface area contributed by atoms with Gasteiger partial charge in [0.2, 0.25) is 0 Å². The van der Waals surface area contributed by atoms with E-state index < -0.39 is 17.9 Å². The van der Waals surface area contributed by atoms with E-state index in [9.17, 15) is 14.4 Å². The van der Waals surface area contributed by atoms with E-state index in [0.717, 1.165) is 58.9 Å². The zero-order chi connectivity index (χ0) is 20.7. The molecule has 3 N–H and O–H groups in total. The number of carboxylic acid groups (broad SMARTS) is 3. The van der Waals surface area contributed by atoms with Crippen LogP contribution in [0.4, 0.5) is 0 Å². The van der Waals surface area contributed by atoms with E-state index >= 15 is 0 Å². The Kier molecular flexibility index (Phi) is 14.4. The molecule has 158 valence electrons. The molecular weight excluding hydrogens is 354 g/mol. The van der Waals surface area contributed by atoms with Gasteiger partial charge in [-0.25, -0.2) is 0 Å². The van der Waals surface area contributed by atoms with Crippen molar-refractivity contribution in [2.75, 3.05) is 58.9 Å². The van der Waals surface area contributed by atoms with Crippen molar-refractivity contribution in [1.29, 1.82) is 0 Å². The highest BCUT2D eigenvalue weighted by Crippen LogP contribution is 2.03. The van der Waals surface area contributed by atoms with Crippen molar-refractivity contribution in [3.05, 3.63) is 0 Å². The quantitative estimate of drug-likeness (QED) is 0.490. The van der Waals surface area contributed by atoms with Crippen LogP contribution < -0.4 is 0 Å². The van der Waals surface area contributed by atoms with Crippen LogP contribution in [0.15, 0.2) is 0 Å². The van der Waals surface area contributed by atoms with Crippen LogP contribution in [0.3, 0.4) is 0 Å². The van der Waals surface area contributed by atoms with Crippen LogP contribution in [0.25, 0.3) is 0 Å². The van der Waals surface area contributed by atoms with Crippen LogP contribution in [0.1, 0.15) is 39.5 Å². The molecule has 3 saturated heterocycles. The minimum atomic E-state index is -0.697. The summed E-state index contributed by atoms with van der Waals surface area (Å²) >= 11 is 0. The number of hydrogen-bond acceptors (Lipinski definition) is 6. The van der Waals surface area contributed by atoms with Gasteiger partial charge in [-0.2, -0.15) is 0 Å². The Morgan fingerprint density at radius 1 is 0.593 bits per heavy atom. The molecule has 9 nitrogen and oxygen atoms in total. The molecule has 3 aliphatic heterocycles. The Morgan fingerprint density at radius 3 is 0.889 bits per heavy atom. The molecule has 0 amide bonds. The molecule has 0 unspecified atom stereocenters. The first-order valence-electron chi connectivity index (χ1n) is 9.60. The number of carbonyl (C=O) groups is 3. The predicted molar refractivity (Wildman–Crippen MR) is 102 cm³/mol. The van der Waals surface area contributed by atoms with Crippen LogP contribution in [-0.2, 0) is 14.4 Å². The van der Waals surface area contributed by atoms with Gasteiger partial charge in [0.25, 0.3) is 0 Å². The van der Waals surface area contributed by atoms with Gasteiger partial charge >= 0.3 is 17.9 Å². The van der Waals surface area contributed by atoms with E-state index in [1.165, 1.54) is 6.42 Å². The molecule has 3 aliphatic rings. The topological polar surface area (TPSA) is 121 Å². The normalized spacial score (nSPS) is 17.1. The standard InChI is InChI=1S/3C5H9NO2.C3H8/c3*7-5(8)1-2-6-3-4-6;1-3-2/h3*1-4H2,(H,7,8);3H2,1-2H3. The smallest absolute Gasteiger partial charge is 0.304 e. The van der Waals surface area contributed by atoms with Crippen molar-refractivity contribution in [2.45, 2.75) is 39.5 Å². The molecular formula is C18H35N3O6. The van der Waals surface area contributed by atoms with Gasteiger partial charge in [-0.15, -0.1) is 0 Å². The van der Waals surface area contributed by atoms with Crippen LogP contribution in [0.2, 0.25) is 0 Å². The second-order valence-electron chi connectivity index (χ2n) is 6.66. The van der Waals surface area contributed by atoms with Crippen LogP contribution in [0, 0.1) is 0 Å². The van der Waals surface area contributed by atoms with E-state index in [0.29, 0.717) is 19.3 Å². The maximum Gasteiger partial charge on any atom is 0.304 e. The highest BCUT2D eigenvalue weighted by Gasteiger charge is 2.18. The first-order chi connectivity index (χ1) is 12.8. The number of aliphatic carboxylic acids is 3. The number of rotatable bonds is 9. The highest BCUT2D eigenvalue weighted by atomic mass is 16.4. The fourth-order valence-electron chi connectivity index (χ4n) is 1.64. The van der Waals surface area contributed by atoms with Crippen molar-refractivity contribution >= 4 is 17.9 Å². The summed E-state index contributed by atoms with van der Waals surface area (Å²) in [5.41, 5.74) is 0. The third-order valence-electron chi connectivity index (χ3n) is 3.55. The second kappa shape index (κ2) is 15.4. The fraction of sp³-hybridized carbons (Fsp3) is 0.833. The van der Waals surface area contributed by atoms with Crippen LogP contribution in [0.5, 0.6) is 0 Å². The zero-order valence-electron chi connectivity index (χ0n) is 16.6. The van der Waals surface area contributed by atoms with Crippen LogP contribution in [-0.4, -0.2) is 107 Å². The van der Waals surface area contributed by atoms with Gasteiger partial charge in [0.1, 0.15) is 0 Å². The Hall–Kier alpha value is -1.71. The Bertz CT molecular complexity index is 373. The third-order valence-corrected chi connectivity index (χ3v) is 3.55. The Labute approximate surface area is 161 Å². The number of nitrogens with zero attached hydrogens (tertiary/aromatic N) is 3. The lowest BCUT2D eigenvalue weighted by Crippen LogP contribution is -2.05. The van der Waals surface area contributed by atoms with Gasteiger partial charge in [0.15, 0.2) is 0 Å². The molecule has 0 radical (unpaired) electrons.